The molecule has 0 saturated carbocycles. The molecule has 0 radical (unpaired) electrons. The first-order valence-electron chi connectivity index (χ1n) is 9.76. The average molecular weight is 402 g/mol. The van der Waals surface area contributed by atoms with Gasteiger partial charge >= 0.3 is 0 Å². The fourth-order valence-electron chi connectivity index (χ4n) is 2.58. The van der Waals surface area contributed by atoms with E-state index in [9.17, 15) is 9.90 Å². The Morgan fingerprint density at radius 1 is 1.24 bits per heavy atom. The normalized spacial score (nSPS) is 12.2. The molecular weight excluding hydrogens is 370 g/mol. The molecule has 158 valence electrons. The lowest BCUT2D eigenvalue weighted by Crippen LogP contribution is -2.39. The number of carbonyl (C=O) groups is 1. The van der Waals surface area contributed by atoms with E-state index in [2.05, 4.69) is 32.3 Å². The summed E-state index contributed by atoms with van der Waals surface area (Å²) in [6, 6.07) is 5.11. The van der Waals surface area contributed by atoms with E-state index in [1.165, 1.54) is 6.20 Å². The fourth-order valence-corrected chi connectivity index (χ4v) is 2.58. The Morgan fingerprint density at radius 3 is 2.62 bits per heavy atom. The van der Waals surface area contributed by atoms with Gasteiger partial charge in [0.2, 0.25) is 0 Å². The molecule has 0 atom stereocenters. The van der Waals surface area contributed by atoms with Crippen molar-refractivity contribution in [3.8, 4) is 0 Å². The smallest absolute Gasteiger partial charge is 0.276 e. The molecule has 0 bridgehead atoms. The van der Waals surface area contributed by atoms with E-state index in [1.807, 2.05) is 13.8 Å². The molecule has 0 aliphatic heterocycles. The summed E-state index contributed by atoms with van der Waals surface area (Å²) in [5.74, 6) is 0.338. The number of hydrogen-bond acceptors (Lipinski definition) is 7. The Bertz CT molecular complexity index is 790. The van der Waals surface area contributed by atoms with Crippen LogP contribution in [0.3, 0.4) is 0 Å². The first kappa shape index (κ1) is 22.9. The van der Waals surface area contributed by atoms with E-state index in [0.29, 0.717) is 30.0 Å². The second-order valence-electron chi connectivity index (χ2n) is 8.07. The lowest BCUT2D eigenvalue weighted by atomic mass is 10.1. The molecule has 8 heteroatoms. The topological polar surface area (TPSA) is 100 Å². The van der Waals surface area contributed by atoms with Crippen LogP contribution in [0.15, 0.2) is 36.8 Å². The molecule has 0 aliphatic carbocycles. The molecule has 8 nitrogen and oxygen atoms in total. The van der Waals surface area contributed by atoms with Crippen LogP contribution in [0, 0.1) is 0 Å². The summed E-state index contributed by atoms with van der Waals surface area (Å²) < 4.78 is 0. The van der Waals surface area contributed by atoms with Gasteiger partial charge in [0.1, 0.15) is 11.4 Å². The van der Waals surface area contributed by atoms with Crippen molar-refractivity contribution in [2.45, 2.75) is 58.8 Å². The molecule has 2 aromatic rings. The van der Waals surface area contributed by atoms with Gasteiger partial charge in [-0.2, -0.15) is 0 Å². The molecule has 1 amide bonds. The zero-order valence-corrected chi connectivity index (χ0v) is 17.8. The highest BCUT2D eigenvalue weighted by Gasteiger charge is 2.23. The number of nitrogens with one attached hydrogen (secondary N) is 1. The van der Waals surface area contributed by atoms with E-state index in [1.54, 1.807) is 44.4 Å². The Hall–Kier alpha value is -2.42. The van der Waals surface area contributed by atoms with Crippen molar-refractivity contribution in [2.75, 3.05) is 13.1 Å². The second kappa shape index (κ2) is 9.87. The molecular formula is C21H31N5O3. The highest BCUT2D eigenvalue weighted by Crippen LogP contribution is 2.18. The number of nitrogens with zero attached hydrogens (tertiary/aromatic N) is 4. The maximum atomic E-state index is 12.1. The van der Waals surface area contributed by atoms with E-state index < -0.39 is 11.2 Å². The third-order valence-electron chi connectivity index (χ3n) is 4.52. The summed E-state index contributed by atoms with van der Waals surface area (Å²) in [4.78, 5) is 32.7. The predicted octanol–water partition coefficient (Wildman–Crippen LogP) is 2.45. The summed E-state index contributed by atoms with van der Waals surface area (Å²) in [5.41, 5.74) is 1.99. The lowest BCUT2D eigenvalue weighted by Gasteiger charge is -2.28. The van der Waals surface area contributed by atoms with Gasteiger partial charge in [0.25, 0.3) is 5.91 Å². The number of pyridine rings is 1. The number of aromatic nitrogens is 3. The van der Waals surface area contributed by atoms with Crippen LogP contribution < -0.4 is 5.48 Å². The van der Waals surface area contributed by atoms with Crippen molar-refractivity contribution in [1.29, 1.82) is 0 Å². The maximum Gasteiger partial charge on any atom is 0.276 e. The van der Waals surface area contributed by atoms with E-state index >= 15 is 0 Å². The Kier molecular flexibility index (Phi) is 7.78. The van der Waals surface area contributed by atoms with Crippen molar-refractivity contribution >= 4 is 5.91 Å². The molecule has 0 unspecified atom stereocenters. The minimum absolute atomic E-state index is 0.324. The van der Waals surface area contributed by atoms with E-state index in [0.717, 1.165) is 13.1 Å². The molecule has 29 heavy (non-hydrogen) atoms. The SMILES string of the molecule is CCN(CCC(C)(C)ONC(=O)c1cccnc1)Cc1nccc(C(C)(C)O)n1. The van der Waals surface area contributed by atoms with Crippen LogP contribution in [-0.4, -0.2) is 49.6 Å². The summed E-state index contributed by atoms with van der Waals surface area (Å²) in [6.45, 7) is 11.4. The maximum absolute atomic E-state index is 12.1. The van der Waals surface area contributed by atoms with Gasteiger partial charge in [0, 0.05) is 25.1 Å². The molecule has 2 rings (SSSR count). The highest BCUT2D eigenvalue weighted by atomic mass is 16.7. The number of carbonyl (C=O) groups excluding carboxylic acids is 1. The number of rotatable bonds is 10. The molecule has 0 aliphatic rings. The highest BCUT2D eigenvalue weighted by molar-refractivity contribution is 5.93. The van der Waals surface area contributed by atoms with Crippen LogP contribution in [-0.2, 0) is 17.0 Å². The van der Waals surface area contributed by atoms with Crippen molar-refractivity contribution in [2.24, 2.45) is 0 Å². The summed E-state index contributed by atoms with van der Waals surface area (Å²) in [7, 11) is 0. The monoisotopic (exact) mass is 401 g/mol. The van der Waals surface area contributed by atoms with Crippen LogP contribution >= 0.6 is 0 Å². The third-order valence-corrected chi connectivity index (χ3v) is 4.52. The molecule has 2 N–H and O–H groups in total. The Balaban J connectivity index is 1.88. The standard InChI is InChI=1S/C21H31N5O3/c1-6-26(15-18-23-12-9-17(24-18)21(4,5)28)13-10-20(2,3)29-25-19(27)16-8-7-11-22-14-16/h7-9,11-12,14,28H,6,10,13,15H2,1-5H3,(H,25,27). The van der Waals surface area contributed by atoms with Gasteiger partial charge in [-0.3, -0.25) is 19.5 Å². The van der Waals surface area contributed by atoms with Gasteiger partial charge in [-0.05, 0) is 58.9 Å². The lowest BCUT2D eigenvalue weighted by molar-refractivity contribution is -0.0782. The van der Waals surface area contributed by atoms with Gasteiger partial charge in [0.05, 0.1) is 23.4 Å². The van der Waals surface area contributed by atoms with E-state index in [4.69, 9.17) is 4.84 Å². The Morgan fingerprint density at radius 2 is 2.00 bits per heavy atom. The van der Waals surface area contributed by atoms with Crippen molar-refractivity contribution < 1.29 is 14.7 Å². The van der Waals surface area contributed by atoms with Crippen LogP contribution in [0.2, 0.25) is 0 Å². The average Bonchev–Trinajstić information content (AvgIpc) is 2.69. The first-order valence-corrected chi connectivity index (χ1v) is 9.76. The number of amides is 1. The van der Waals surface area contributed by atoms with Crippen molar-refractivity contribution in [1.82, 2.24) is 25.3 Å². The summed E-state index contributed by atoms with van der Waals surface area (Å²) >= 11 is 0. The minimum atomic E-state index is -1.00. The Labute approximate surface area is 172 Å². The zero-order chi connectivity index (χ0) is 21.5. The van der Waals surface area contributed by atoms with Crippen LogP contribution in [0.1, 0.15) is 62.9 Å². The fraction of sp³-hybridized carbons (Fsp3) is 0.524. The van der Waals surface area contributed by atoms with Gasteiger partial charge in [-0.25, -0.2) is 15.4 Å². The van der Waals surface area contributed by atoms with Crippen molar-refractivity contribution in [3.05, 3.63) is 53.9 Å². The van der Waals surface area contributed by atoms with Crippen LogP contribution in [0.25, 0.3) is 0 Å². The third kappa shape index (κ3) is 7.49. The summed E-state index contributed by atoms with van der Waals surface area (Å²) in [6.07, 6.45) is 5.47. The van der Waals surface area contributed by atoms with E-state index in [-0.39, 0.29) is 5.91 Å². The van der Waals surface area contributed by atoms with Gasteiger partial charge in [-0.15, -0.1) is 0 Å². The van der Waals surface area contributed by atoms with Gasteiger partial charge in [-0.1, -0.05) is 6.92 Å². The molecule has 2 heterocycles. The molecule has 0 aromatic carbocycles. The largest absolute Gasteiger partial charge is 0.384 e. The molecule has 0 fully saturated rings. The van der Waals surface area contributed by atoms with Gasteiger partial charge < -0.3 is 5.11 Å². The zero-order valence-electron chi connectivity index (χ0n) is 17.8. The quantitative estimate of drug-likeness (QED) is 0.590. The number of hydrogen-bond donors (Lipinski definition) is 2. The molecule has 2 aromatic heterocycles. The summed E-state index contributed by atoms with van der Waals surface area (Å²) in [5, 5.41) is 10.1. The van der Waals surface area contributed by atoms with Crippen molar-refractivity contribution in [3.63, 3.8) is 0 Å². The second-order valence-corrected chi connectivity index (χ2v) is 8.07. The molecule has 0 saturated heterocycles. The number of hydroxylamine groups is 1. The number of aliphatic hydroxyl groups is 1. The first-order chi connectivity index (χ1) is 13.6. The predicted molar refractivity (Wildman–Crippen MR) is 110 cm³/mol. The van der Waals surface area contributed by atoms with Crippen LogP contribution in [0.5, 0.6) is 0 Å². The van der Waals surface area contributed by atoms with Gasteiger partial charge in [0.15, 0.2) is 0 Å². The van der Waals surface area contributed by atoms with Crippen LogP contribution in [0.4, 0.5) is 0 Å². The minimum Gasteiger partial charge on any atom is -0.384 e. The molecule has 0 spiro atoms.